The Kier molecular flexibility index (Phi) is 6.77. The highest BCUT2D eigenvalue weighted by molar-refractivity contribution is 7.07. The van der Waals surface area contributed by atoms with Crippen LogP contribution in [0.5, 0.6) is 5.75 Å². The van der Waals surface area contributed by atoms with Crippen molar-refractivity contribution in [3.63, 3.8) is 0 Å². The van der Waals surface area contributed by atoms with Gasteiger partial charge in [-0.1, -0.05) is 30.3 Å². The van der Waals surface area contributed by atoms with Crippen LogP contribution in [0.25, 0.3) is 0 Å². The van der Waals surface area contributed by atoms with Gasteiger partial charge in [0.15, 0.2) is 0 Å². The number of ether oxygens (including phenoxy) is 1. The maximum atomic E-state index is 13.1. The van der Waals surface area contributed by atoms with E-state index in [4.69, 9.17) is 4.74 Å². The van der Waals surface area contributed by atoms with Gasteiger partial charge in [-0.15, -0.1) is 0 Å². The van der Waals surface area contributed by atoms with Crippen LogP contribution in [0.2, 0.25) is 0 Å². The summed E-state index contributed by atoms with van der Waals surface area (Å²) in [5.41, 5.74) is 2.21. The standard InChI is InChI=1S/C21H22FNO2S/c22-19-8-6-17(7-9-19)12-23(13-18-10-11-26-16-18)14-20(24)15-25-21-4-2-1-3-5-21/h1-11,16,20,24H,12-15H2. The molecule has 136 valence electrons. The van der Waals surface area contributed by atoms with Crippen molar-refractivity contribution in [1.82, 2.24) is 4.90 Å². The van der Waals surface area contributed by atoms with Crippen LogP contribution >= 0.6 is 11.3 Å². The normalized spacial score (nSPS) is 12.3. The van der Waals surface area contributed by atoms with Crippen LogP contribution in [0.3, 0.4) is 0 Å². The predicted molar refractivity (Wildman–Crippen MR) is 103 cm³/mol. The number of nitrogens with zero attached hydrogens (tertiary/aromatic N) is 1. The fraction of sp³-hybridized carbons (Fsp3) is 0.238. The van der Waals surface area contributed by atoms with E-state index in [1.165, 1.54) is 17.7 Å². The molecule has 1 aromatic heterocycles. The van der Waals surface area contributed by atoms with E-state index in [0.29, 0.717) is 13.1 Å². The topological polar surface area (TPSA) is 32.7 Å². The first-order valence-electron chi connectivity index (χ1n) is 8.53. The van der Waals surface area contributed by atoms with Crippen LogP contribution in [-0.4, -0.2) is 29.3 Å². The number of rotatable bonds is 9. The second-order valence-corrected chi connectivity index (χ2v) is 6.99. The summed E-state index contributed by atoms with van der Waals surface area (Å²) >= 11 is 1.65. The summed E-state index contributed by atoms with van der Waals surface area (Å²) in [6, 6.07) is 18.0. The van der Waals surface area contributed by atoms with Crippen molar-refractivity contribution in [2.24, 2.45) is 0 Å². The van der Waals surface area contributed by atoms with Gasteiger partial charge in [0.05, 0.1) is 0 Å². The average molecular weight is 371 g/mol. The molecule has 1 N–H and O–H groups in total. The number of hydrogen-bond acceptors (Lipinski definition) is 4. The maximum absolute atomic E-state index is 13.1. The molecule has 0 radical (unpaired) electrons. The van der Waals surface area contributed by atoms with Gasteiger partial charge in [-0.05, 0) is 52.2 Å². The van der Waals surface area contributed by atoms with Gasteiger partial charge in [0.2, 0.25) is 0 Å². The Balaban J connectivity index is 1.59. The Morgan fingerprint density at radius 2 is 1.69 bits per heavy atom. The lowest BCUT2D eigenvalue weighted by atomic mass is 10.2. The highest BCUT2D eigenvalue weighted by atomic mass is 32.1. The molecule has 3 rings (SSSR count). The van der Waals surface area contributed by atoms with E-state index in [2.05, 4.69) is 16.3 Å². The zero-order valence-electron chi connectivity index (χ0n) is 14.4. The number of para-hydroxylation sites is 1. The third kappa shape index (κ3) is 5.95. The lowest BCUT2D eigenvalue weighted by Crippen LogP contribution is -2.35. The molecule has 1 atom stereocenters. The molecule has 3 aromatic rings. The van der Waals surface area contributed by atoms with Gasteiger partial charge in [-0.3, -0.25) is 4.90 Å². The molecule has 0 saturated heterocycles. The molecule has 5 heteroatoms. The largest absolute Gasteiger partial charge is 0.491 e. The molecule has 0 saturated carbocycles. The highest BCUT2D eigenvalue weighted by Crippen LogP contribution is 2.15. The van der Waals surface area contributed by atoms with Gasteiger partial charge in [-0.2, -0.15) is 11.3 Å². The first kappa shape index (κ1) is 18.6. The summed E-state index contributed by atoms with van der Waals surface area (Å²) in [7, 11) is 0. The molecular weight excluding hydrogens is 349 g/mol. The molecule has 0 amide bonds. The SMILES string of the molecule is OC(COc1ccccc1)CN(Cc1ccc(F)cc1)Cc1ccsc1. The Morgan fingerprint density at radius 1 is 0.962 bits per heavy atom. The maximum Gasteiger partial charge on any atom is 0.123 e. The summed E-state index contributed by atoms with van der Waals surface area (Å²) in [4.78, 5) is 2.15. The highest BCUT2D eigenvalue weighted by Gasteiger charge is 2.14. The van der Waals surface area contributed by atoms with E-state index < -0.39 is 6.10 Å². The first-order valence-corrected chi connectivity index (χ1v) is 9.47. The molecule has 0 aliphatic rings. The molecule has 1 unspecified atom stereocenters. The Morgan fingerprint density at radius 3 is 2.38 bits per heavy atom. The first-order chi connectivity index (χ1) is 12.7. The van der Waals surface area contributed by atoms with Crippen molar-refractivity contribution in [1.29, 1.82) is 0 Å². The third-order valence-electron chi connectivity index (χ3n) is 3.96. The average Bonchev–Trinajstić information content (AvgIpc) is 3.16. The van der Waals surface area contributed by atoms with E-state index >= 15 is 0 Å². The minimum absolute atomic E-state index is 0.230. The van der Waals surface area contributed by atoms with E-state index in [1.54, 1.807) is 23.5 Å². The molecule has 0 spiro atoms. The molecule has 0 aliphatic heterocycles. The molecule has 1 heterocycles. The minimum Gasteiger partial charge on any atom is -0.491 e. The van der Waals surface area contributed by atoms with Crippen molar-refractivity contribution >= 4 is 11.3 Å². The number of aliphatic hydroxyl groups is 1. The molecule has 2 aromatic carbocycles. The van der Waals surface area contributed by atoms with Gasteiger partial charge < -0.3 is 9.84 Å². The number of thiophene rings is 1. The molecule has 3 nitrogen and oxygen atoms in total. The quantitative estimate of drug-likeness (QED) is 0.608. The van der Waals surface area contributed by atoms with Crippen LogP contribution in [0, 0.1) is 5.82 Å². The second kappa shape index (κ2) is 9.48. The smallest absolute Gasteiger partial charge is 0.123 e. The molecule has 0 bridgehead atoms. The summed E-state index contributed by atoms with van der Waals surface area (Å²) in [6.07, 6.45) is -0.616. The predicted octanol–water partition coefficient (Wildman–Crippen LogP) is 4.33. The third-order valence-corrected chi connectivity index (χ3v) is 4.69. The van der Waals surface area contributed by atoms with E-state index in [0.717, 1.165) is 17.9 Å². The lowest BCUT2D eigenvalue weighted by Gasteiger charge is -2.25. The molecule has 0 aliphatic carbocycles. The van der Waals surface area contributed by atoms with Crippen molar-refractivity contribution in [3.05, 3.63) is 88.4 Å². The zero-order chi connectivity index (χ0) is 18.2. The van der Waals surface area contributed by atoms with E-state index in [9.17, 15) is 9.50 Å². The monoisotopic (exact) mass is 371 g/mol. The minimum atomic E-state index is -0.616. The fourth-order valence-corrected chi connectivity index (χ4v) is 3.39. The van der Waals surface area contributed by atoms with Crippen molar-refractivity contribution < 1.29 is 14.2 Å². The number of aliphatic hydroxyl groups excluding tert-OH is 1. The summed E-state index contributed by atoms with van der Waals surface area (Å²) in [6.45, 7) is 2.06. The van der Waals surface area contributed by atoms with Crippen LogP contribution in [0.4, 0.5) is 4.39 Å². The number of halogens is 1. The molecule has 26 heavy (non-hydrogen) atoms. The van der Waals surface area contributed by atoms with Crippen LogP contribution in [-0.2, 0) is 13.1 Å². The van der Waals surface area contributed by atoms with E-state index in [-0.39, 0.29) is 12.4 Å². The van der Waals surface area contributed by atoms with Gasteiger partial charge in [0, 0.05) is 19.6 Å². The molecule has 0 fully saturated rings. The van der Waals surface area contributed by atoms with Crippen molar-refractivity contribution in [3.8, 4) is 5.75 Å². The number of benzene rings is 2. The zero-order valence-corrected chi connectivity index (χ0v) is 15.2. The summed E-state index contributed by atoms with van der Waals surface area (Å²) < 4.78 is 18.8. The molecular formula is C21H22FNO2S. The summed E-state index contributed by atoms with van der Waals surface area (Å²) in [5, 5.41) is 14.6. The van der Waals surface area contributed by atoms with Gasteiger partial charge in [0.1, 0.15) is 24.3 Å². The van der Waals surface area contributed by atoms with Gasteiger partial charge >= 0.3 is 0 Å². The van der Waals surface area contributed by atoms with Gasteiger partial charge in [-0.25, -0.2) is 4.39 Å². The number of hydrogen-bond donors (Lipinski definition) is 1. The fourth-order valence-electron chi connectivity index (χ4n) is 2.73. The summed E-state index contributed by atoms with van der Waals surface area (Å²) in [5.74, 6) is 0.504. The Labute approximate surface area is 157 Å². The van der Waals surface area contributed by atoms with Gasteiger partial charge in [0.25, 0.3) is 0 Å². The second-order valence-electron chi connectivity index (χ2n) is 6.21. The van der Waals surface area contributed by atoms with Crippen LogP contribution in [0.1, 0.15) is 11.1 Å². The Hall–Kier alpha value is -2.21. The van der Waals surface area contributed by atoms with Crippen molar-refractivity contribution in [2.75, 3.05) is 13.2 Å². The Bertz CT molecular complexity index is 762. The van der Waals surface area contributed by atoms with Crippen LogP contribution in [0.15, 0.2) is 71.4 Å². The van der Waals surface area contributed by atoms with E-state index in [1.807, 2.05) is 35.7 Å². The lowest BCUT2D eigenvalue weighted by molar-refractivity contribution is 0.0629. The van der Waals surface area contributed by atoms with Crippen LogP contribution < -0.4 is 4.74 Å². The van der Waals surface area contributed by atoms with Crippen molar-refractivity contribution in [2.45, 2.75) is 19.2 Å².